The lowest BCUT2D eigenvalue weighted by molar-refractivity contribution is -0.384. The van der Waals surface area contributed by atoms with Gasteiger partial charge in [-0.05, 0) is 47.6 Å². The maximum absolute atomic E-state index is 10.8. The zero-order valence-corrected chi connectivity index (χ0v) is 14.3. The fourth-order valence-electron chi connectivity index (χ4n) is 2.75. The molecular formula is C17H16N4O3S. The van der Waals surface area contributed by atoms with Crippen LogP contribution in [0.3, 0.4) is 0 Å². The normalized spacial score (nSPS) is 16.4. The van der Waals surface area contributed by atoms with E-state index in [1.54, 1.807) is 24.3 Å². The Hall–Kier alpha value is -3.00. The number of ether oxygens (including phenoxy) is 1. The molecule has 0 bridgehead atoms. The molecule has 2 aromatic rings. The second kappa shape index (κ2) is 6.86. The Bertz CT molecular complexity index is 834. The molecule has 0 amide bonds. The summed E-state index contributed by atoms with van der Waals surface area (Å²) in [7, 11) is 1.61. The van der Waals surface area contributed by atoms with Crippen LogP contribution in [0.1, 0.15) is 23.6 Å². The van der Waals surface area contributed by atoms with Crippen molar-refractivity contribution in [2.45, 2.75) is 12.5 Å². The van der Waals surface area contributed by atoms with Crippen LogP contribution in [-0.4, -0.2) is 27.9 Å². The Morgan fingerprint density at radius 3 is 2.44 bits per heavy atom. The van der Waals surface area contributed by atoms with Crippen LogP contribution in [0.15, 0.2) is 53.6 Å². The second-order valence-corrected chi connectivity index (χ2v) is 5.94. The number of nitrogens with zero attached hydrogens (tertiary/aromatic N) is 3. The minimum absolute atomic E-state index is 0.0419. The van der Waals surface area contributed by atoms with Gasteiger partial charge in [-0.2, -0.15) is 5.10 Å². The third-order valence-corrected chi connectivity index (χ3v) is 4.24. The highest BCUT2D eigenvalue weighted by atomic mass is 32.1. The molecule has 1 atom stereocenters. The van der Waals surface area contributed by atoms with Crippen molar-refractivity contribution in [3.63, 3.8) is 0 Å². The summed E-state index contributed by atoms with van der Waals surface area (Å²) >= 11 is 5.12. The first kappa shape index (κ1) is 16.8. The summed E-state index contributed by atoms with van der Waals surface area (Å²) in [5.74, 6) is 0.764. The molecule has 25 heavy (non-hydrogen) atoms. The van der Waals surface area contributed by atoms with Gasteiger partial charge in [0.15, 0.2) is 5.11 Å². The summed E-state index contributed by atoms with van der Waals surface area (Å²) in [5, 5.41) is 17.1. The van der Waals surface area contributed by atoms with Crippen molar-refractivity contribution in [1.82, 2.24) is 5.01 Å². The standard InChI is InChI=1S/C17H16N4O3S/c1-24-14-8-4-12(5-9-14)16-10-15(19-20(16)17(18)25)11-2-6-13(7-3-11)21(22)23/h2-9,16H,10H2,1H3,(H2,18,25). The highest BCUT2D eigenvalue weighted by Crippen LogP contribution is 2.33. The second-order valence-electron chi connectivity index (χ2n) is 5.53. The first-order chi connectivity index (χ1) is 12.0. The number of nitrogens with two attached hydrogens (primary N) is 1. The molecule has 0 saturated heterocycles. The van der Waals surface area contributed by atoms with E-state index in [4.69, 9.17) is 22.7 Å². The zero-order chi connectivity index (χ0) is 18.0. The number of methoxy groups -OCH3 is 1. The molecule has 0 aromatic heterocycles. The van der Waals surface area contributed by atoms with E-state index in [1.807, 2.05) is 24.3 Å². The van der Waals surface area contributed by atoms with Gasteiger partial charge in [0.1, 0.15) is 5.75 Å². The van der Waals surface area contributed by atoms with E-state index in [0.717, 1.165) is 22.6 Å². The summed E-state index contributed by atoms with van der Waals surface area (Å²) in [6.07, 6.45) is 0.599. The van der Waals surface area contributed by atoms with Crippen molar-refractivity contribution in [1.29, 1.82) is 0 Å². The van der Waals surface area contributed by atoms with E-state index in [1.165, 1.54) is 12.1 Å². The minimum atomic E-state index is -0.429. The molecule has 1 heterocycles. The first-order valence-corrected chi connectivity index (χ1v) is 7.95. The Morgan fingerprint density at radius 2 is 1.92 bits per heavy atom. The van der Waals surface area contributed by atoms with Gasteiger partial charge >= 0.3 is 0 Å². The van der Waals surface area contributed by atoms with Gasteiger partial charge in [0.25, 0.3) is 5.69 Å². The van der Waals surface area contributed by atoms with E-state index in [0.29, 0.717) is 6.42 Å². The SMILES string of the molecule is COc1ccc(C2CC(c3ccc([N+](=O)[O-])cc3)=NN2C(N)=S)cc1. The molecule has 1 aliphatic heterocycles. The molecule has 0 radical (unpaired) electrons. The van der Waals surface area contributed by atoms with Crippen molar-refractivity contribution in [2.24, 2.45) is 10.8 Å². The van der Waals surface area contributed by atoms with Crippen molar-refractivity contribution in [3.8, 4) is 5.75 Å². The lowest BCUT2D eigenvalue weighted by Gasteiger charge is -2.22. The summed E-state index contributed by atoms with van der Waals surface area (Å²) in [6, 6.07) is 13.8. The largest absolute Gasteiger partial charge is 0.497 e. The van der Waals surface area contributed by atoms with E-state index in [2.05, 4.69) is 5.10 Å². The summed E-state index contributed by atoms with van der Waals surface area (Å²) < 4.78 is 5.18. The lowest BCUT2D eigenvalue weighted by atomic mass is 9.98. The monoisotopic (exact) mass is 356 g/mol. The van der Waals surface area contributed by atoms with Gasteiger partial charge in [-0.15, -0.1) is 0 Å². The van der Waals surface area contributed by atoms with Gasteiger partial charge in [-0.25, -0.2) is 5.01 Å². The fourth-order valence-corrected chi connectivity index (χ4v) is 2.92. The summed E-state index contributed by atoms with van der Waals surface area (Å²) in [6.45, 7) is 0. The summed E-state index contributed by atoms with van der Waals surface area (Å²) in [5.41, 5.74) is 8.46. The predicted molar refractivity (Wildman–Crippen MR) is 98.6 cm³/mol. The van der Waals surface area contributed by atoms with Gasteiger partial charge in [-0.3, -0.25) is 10.1 Å². The molecular weight excluding hydrogens is 340 g/mol. The number of hydrogen-bond acceptors (Lipinski definition) is 5. The quantitative estimate of drug-likeness (QED) is 0.514. The van der Waals surface area contributed by atoms with Gasteiger partial charge in [0.05, 0.1) is 23.8 Å². The maximum atomic E-state index is 10.8. The number of hydrazone groups is 1. The maximum Gasteiger partial charge on any atom is 0.269 e. The lowest BCUT2D eigenvalue weighted by Crippen LogP contribution is -2.31. The molecule has 0 spiro atoms. The number of rotatable bonds is 4. The Morgan fingerprint density at radius 1 is 1.28 bits per heavy atom. The van der Waals surface area contributed by atoms with Gasteiger partial charge in [0, 0.05) is 18.6 Å². The number of thiocarbonyl (C=S) groups is 1. The van der Waals surface area contributed by atoms with Crippen molar-refractivity contribution >= 4 is 28.7 Å². The van der Waals surface area contributed by atoms with Crippen LogP contribution in [0, 0.1) is 10.1 Å². The van der Waals surface area contributed by atoms with Crippen LogP contribution < -0.4 is 10.5 Å². The molecule has 2 aromatic carbocycles. The van der Waals surface area contributed by atoms with Crippen LogP contribution in [0.2, 0.25) is 0 Å². The topological polar surface area (TPSA) is 94.0 Å². The number of nitro benzene ring substituents is 1. The average molecular weight is 356 g/mol. The van der Waals surface area contributed by atoms with Crippen molar-refractivity contribution in [2.75, 3.05) is 7.11 Å². The Labute approximate surface area is 149 Å². The molecule has 0 saturated carbocycles. The average Bonchev–Trinajstić information content (AvgIpc) is 3.07. The number of hydrogen-bond donors (Lipinski definition) is 1. The first-order valence-electron chi connectivity index (χ1n) is 7.54. The van der Waals surface area contributed by atoms with Crippen LogP contribution >= 0.6 is 12.2 Å². The Balaban J connectivity index is 1.88. The molecule has 1 aliphatic rings. The minimum Gasteiger partial charge on any atom is -0.497 e. The molecule has 7 nitrogen and oxygen atoms in total. The van der Waals surface area contributed by atoms with Gasteiger partial charge in [0.2, 0.25) is 0 Å². The molecule has 3 rings (SSSR count). The highest BCUT2D eigenvalue weighted by molar-refractivity contribution is 7.80. The predicted octanol–water partition coefficient (Wildman–Crippen LogP) is 3.00. The van der Waals surface area contributed by atoms with E-state index in [-0.39, 0.29) is 16.8 Å². The molecule has 0 fully saturated rings. The molecule has 128 valence electrons. The third kappa shape index (κ3) is 3.43. The summed E-state index contributed by atoms with van der Waals surface area (Å²) in [4.78, 5) is 10.4. The van der Waals surface area contributed by atoms with Crippen LogP contribution in [0.25, 0.3) is 0 Å². The van der Waals surface area contributed by atoms with Gasteiger partial charge in [-0.1, -0.05) is 12.1 Å². The number of nitro groups is 1. The highest BCUT2D eigenvalue weighted by Gasteiger charge is 2.30. The number of benzene rings is 2. The third-order valence-electron chi connectivity index (χ3n) is 4.05. The van der Waals surface area contributed by atoms with E-state index < -0.39 is 4.92 Å². The molecule has 8 heteroatoms. The molecule has 0 aliphatic carbocycles. The zero-order valence-electron chi connectivity index (χ0n) is 13.5. The smallest absolute Gasteiger partial charge is 0.269 e. The Kier molecular flexibility index (Phi) is 4.62. The molecule has 1 unspecified atom stereocenters. The van der Waals surface area contributed by atoms with Crippen molar-refractivity contribution < 1.29 is 9.66 Å². The van der Waals surface area contributed by atoms with Crippen LogP contribution in [0.4, 0.5) is 5.69 Å². The van der Waals surface area contributed by atoms with Crippen LogP contribution in [-0.2, 0) is 0 Å². The van der Waals surface area contributed by atoms with Crippen molar-refractivity contribution in [3.05, 3.63) is 69.8 Å². The van der Waals surface area contributed by atoms with Gasteiger partial charge < -0.3 is 10.5 Å². The van der Waals surface area contributed by atoms with E-state index >= 15 is 0 Å². The fraction of sp³-hybridized carbons (Fsp3) is 0.176. The molecule has 2 N–H and O–H groups in total. The van der Waals surface area contributed by atoms with Crippen LogP contribution in [0.5, 0.6) is 5.75 Å². The van der Waals surface area contributed by atoms with E-state index in [9.17, 15) is 10.1 Å². The number of non-ortho nitro benzene ring substituents is 1.